The van der Waals surface area contributed by atoms with E-state index in [1.54, 1.807) is 24.0 Å². The number of urea groups is 1. The van der Waals surface area contributed by atoms with E-state index in [0.717, 1.165) is 4.90 Å². The maximum Gasteiger partial charge on any atom is 0.325 e. The highest BCUT2D eigenvalue weighted by Gasteiger charge is 2.50. The van der Waals surface area contributed by atoms with Crippen LogP contribution in [0.15, 0.2) is 22.6 Å². The van der Waals surface area contributed by atoms with Crippen LogP contribution in [0, 0.1) is 18.3 Å². The number of aryl methyl sites for hydroxylation is 1. The number of amides is 4. The molecule has 2 aromatic rings. The molecule has 0 radical (unpaired) electrons. The summed E-state index contributed by atoms with van der Waals surface area (Å²) in [6.07, 6.45) is 0. The minimum absolute atomic E-state index is 0.201. The number of nitriles is 1. The molecule has 1 unspecified atom stereocenters. The van der Waals surface area contributed by atoms with Gasteiger partial charge in [0.2, 0.25) is 17.5 Å². The number of imide groups is 1. The number of carbonyl (C=O) groups is 3. The summed E-state index contributed by atoms with van der Waals surface area (Å²) in [6.45, 7) is 4.34. The van der Waals surface area contributed by atoms with Crippen molar-refractivity contribution in [2.24, 2.45) is 0 Å². The first-order chi connectivity index (χ1) is 15.6. The van der Waals surface area contributed by atoms with Gasteiger partial charge in [-0.3, -0.25) is 14.5 Å². The van der Waals surface area contributed by atoms with Crippen LogP contribution in [0.3, 0.4) is 0 Å². The minimum atomic E-state index is -1.41. The second-order valence-corrected chi connectivity index (χ2v) is 8.78. The Kier molecular flexibility index (Phi) is 5.95. The van der Waals surface area contributed by atoms with Crippen molar-refractivity contribution >= 4 is 46.9 Å². The van der Waals surface area contributed by atoms with Gasteiger partial charge < -0.3 is 19.5 Å². The molecule has 2 aliphatic heterocycles. The molecule has 1 aromatic carbocycles. The van der Waals surface area contributed by atoms with Crippen LogP contribution in [0.1, 0.15) is 24.1 Å². The van der Waals surface area contributed by atoms with Crippen molar-refractivity contribution in [1.29, 1.82) is 5.26 Å². The molecule has 0 aliphatic carbocycles. The van der Waals surface area contributed by atoms with E-state index in [0.29, 0.717) is 48.5 Å². The highest BCUT2D eigenvalue weighted by molar-refractivity contribution is 6.35. The number of carbonyl (C=O) groups excluding carboxylic acids is 3. The number of piperazine rings is 1. The Hall–Kier alpha value is -3.29. The predicted octanol–water partition coefficient (Wildman–Crippen LogP) is 2.28. The van der Waals surface area contributed by atoms with Crippen molar-refractivity contribution in [2.75, 3.05) is 37.6 Å². The fourth-order valence-electron chi connectivity index (χ4n) is 4.02. The Morgan fingerprint density at radius 2 is 1.97 bits per heavy atom. The average molecular weight is 491 g/mol. The molecule has 4 rings (SSSR count). The van der Waals surface area contributed by atoms with Gasteiger partial charge in [-0.15, -0.1) is 0 Å². The lowest BCUT2D eigenvalue weighted by molar-refractivity contribution is -0.139. The summed E-state index contributed by atoms with van der Waals surface area (Å²) in [4.78, 5) is 46.9. The second kappa shape index (κ2) is 8.57. The van der Waals surface area contributed by atoms with E-state index in [1.165, 1.54) is 13.0 Å². The monoisotopic (exact) mass is 490 g/mol. The molecular formula is C21H20Cl2N6O4. The second-order valence-electron chi connectivity index (χ2n) is 7.94. The van der Waals surface area contributed by atoms with E-state index >= 15 is 0 Å². The first-order valence-electron chi connectivity index (χ1n) is 10.1. The number of anilines is 1. The van der Waals surface area contributed by atoms with E-state index in [4.69, 9.17) is 27.6 Å². The summed E-state index contributed by atoms with van der Waals surface area (Å²) < 4.78 is 5.52. The van der Waals surface area contributed by atoms with Crippen molar-refractivity contribution in [3.05, 3.63) is 45.4 Å². The van der Waals surface area contributed by atoms with Gasteiger partial charge in [0.25, 0.3) is 5.91 Å². The highest BCUT2D eigenvalue weighted by Crippen LogP contribution is 2.35. The third kappa shape index (κ3) is 4.10. The van der Waals surface area contributed by atoms with Gasteiger partial charge in [-0.1, -0.05) is 29.3 Å². The van der Waals surface area contributed by atoms with Crippen molar-refractivity contribution < 1.29 is 18.8 Å². The van der Waals surface area contributed by atoms with Crippen molar-refractivity contribution in [2.45, 2.75) is 19.4 Å². The molecule has 12 heteroatoms. The molecule has 0 saturated carbocycles. The highest BCUT2D eigenvalue weighted by atomic mass is 35.5. The molecule has 2 fully saturated rings. The minimum Gasteiger partial charge on any atom is -0.424 e. The number of rotatable bonds is 4. The fraction of sp³-hybridized carbons (Fsp3) is 0.381. The van der Waals surface area contributed by atoms with Gasteiger partial charge >= 0.3 is 6.03 Å². The molecule has 3 heterocycles. The number of aromatic nitrogens is 1. The zero-order valence-corrected chi connectivity index (χ0v) is 19.4. The molecule has 33 heavy (non-hydrogen) atoms. The summed E-state index contributed by atoms with van der Waals surface area (Å²) in [5.41, 5.74) is -0.812. The number of halogens is 2. The van der Waals surface area contributed by atoms with E-state index in [1.807, 2.05) is 11.0 Å². The molecule has 0 bridgehead atoms. The lowest BCUT2D eigenvalue weighted by atomic mass is 9.92. The smallest absolute Gasteiger partial charge is 0.325 e. The predicted molar refractivity (Wildman–Crippen MR) is 119 cm³/mol. The number of benzene rings is 1. The first kappa shape index (κ1) is 22.9. The topological polar surface area (TPSA) is 123 Å². The van der Waals surface area contributed by atoms with E-state index in [-0.39, 0.29) is 16.6 Å². The SMILES string of the molecule is Cc1nc(C#N)c(N2CCN(C(=O)CN3C(=O)NC(C)(c4ccc(Cl)cc4Cl)C3=O)CC2)o1. The van der Waals surface area contributed by atoms with Crippen molar-refractivity contribution in [3.63, 3.8) is 0 Å². The Balaban J connectivity index is 1.42. The van der Waals surface area contributed by atoms with Crippen molar-refractivity contribution in [3.8, 4) is 6.07 Å². The fourth-order valence-corrected chi connectivity index (χ4v) is 4.61. The van der Waals surface area contributed by atoms with Gasteiger partial charge in [0.15, 0.2) is 5.89 Å². The van der Waals surface area contributed by atoms with Gasteiger partial charge in [0, 0.05) is 48.7 Å². The summed E-state index contributed by atoms with van der Waals surface area (Å²) in [7, 11) is 0. The van der Waals surface area contributed by atoms with Gasteiger partial charge in [-0.2, -0.15) is 5.26 Å². The van der Waals surface area contributed by atoms with Crippen LogP contribution in [0.25, 0.3) is 0 Å². The Labute approximate surface area is 199 Å². The standard InChI is InChI=1S/C21H20Cl2N6O4/c1-12-25-16(10-24)18(33-12)28-7-5-27(6-8-28)17(30)11-29-19(31)21(2,26-20(29)32)14-4-3-13(22)9-15(14)23/h3-4,9H,5-8,11H2,1-2H3,(H,26,32). The Morgan fingerprint density at radius 3 is 2.61 bits per heavy atom. The molecule has 10 nitrogen and oxygen atoms in total. The molecule has 0 spiro atoms. The van der Waals surface area contributed by atoms with Gasteiger partial charge in [-0.25, -0.2) is 9.78 Å². The molecule has 1 atom stereocenters. The summed E-state index contributed by atoms with van der Waals surface area (Å²) in [5.74, 6) is -0.160. The van der Waals surface area contributed by atoms with E-state index in [9.17, 15) is 19.6 Å². The van der Waals surface area contributed by atoms with Gasteiger partial charge in [0.1, 0.15) is 18.2 Å². The summed E-state index contributed by atoms with van der Waals surface area (Å²) in [5, 5.41) is 12.5. The largest absolute Gasteiger partial charge is 0.424 e. The quantitative estimate of drug-likeness (QED) is 0.651. The van der Waals surface area contributed by atoms with E-state index < -0.39 is 24.0 Å². The lowest BCUT2D eigenvalue weighted by Gasteiger charge is -2.35. The first-order valence-corrected chi connectivity index (χ1v) is 10.9. The van der Waals surface area contributed by atoms with Crippen LogP contribution < -0.4 is 10.2 Å². The number of hydrogen-bond acceptors (Lipinski definition) is 7. The summed E-state index contributed by atoms with van der Waals surface area (Å²) >= 11 is 12.2. The van der Waals surface area contributed by atoms with Gasteiger partial charge in [-0.05, 0) is 19.1 Å². The van der Waals surface area contributed by atoms with Crippen LogP contribution >= 0.6 is 23.2 Å². The maximum absolute atomic E-state index is 13.1. The molecular weight excluding hydrogens is 471 g/mol. The molecule has 172 valence electrons. The molecule has 1 N–H and O–H groups in total. The number of oxazole rings is 1. The average Bonchev–Trinajstić information content (AvgIpc) is 3.26. The molecule has 2 saturated heterocycles. The third-order valence-corrected chi connectivity index (χ3v) is 6.33. The maximum atomic E-state index is 13.1. The van der Waals surface area contributed by atoms with Crippen LogP contribution in [-0.2, 0) is 15.1 Å². The summed E-state index contributed by atoms with van der Waals surface area (Å²) in [6, 6.07) is 5.98. The van der Waals surface area contributed by atoms with Crippen LogP contribution in [0.2, 0.25) is 10.0 Å². The molecule has 1 aromatic heterocycles. The van der Waals surface area contributed by atoms with E-state index in [2.05, 4.69) is 10.3 Å². The molecule has 4 amide bonds. The van der Waals surface area contributed by atoms with Gasteiger partial charge in [0.05, 0.1) is 0 Å². The van der Waals surface area contributed by atoms with Crippen LogP contribution in [0.4, 0.5) is 10.7 Å². The number of nitrogens with zero attached hydrogens (tertiary/aromatic N) is 5. The normalized spacial score (nSPS) is 20.8. The van der Waals surface area contributed by atoms with Crippen molar-refractivity contribution in [1.82, 2.24) is 20.1 Å². The number of nitrogens with one attached hydrogen (secondary N) is 1. The Bertz CT molecular complexity index is 1180. The third-order valence-electron chi connectivity index (χ3n) is 5.78. The lowest BCUT2D eigenvalue weighted by Crippen LogP contribution is -2.52. The van der Waals surface area contributed by atoms with Crippen LogP contribution in [0.5, 0.6) is 0 Å². The van der Waals surface area contributed by atoms with Crippen LogP contribution in [-0.4, -0.2) is 65.4 Å². The zero-order chi connectivity index (χ0) is 23.9. The zero-order valence-electron chi connectivity index (χ0n) is 17.9. The molecule has 2 aliphatic rings. The Morgan fingerprint density at radius 1 is 1.27 bits per heavy atom. The number of hydrogen-bond donors (Lipinski definition) is 1.